The summed E-state index contributed by atoms with van der Waals surface area (Å²) in [5.41, 5.74) is 5.87. The lowest BCUT2D eigenvalue weighted by Crippen LogP contribution is -2.44. The molecule has 2 heterocycles. The molecule has 1 aliphatic heterocycles. The van der Waals surface area contributed by atoms with E-state index in [2.05, 4.69) is 4.90 Å². The van der Waals surface area contributed by atoms with Crippen LogP contribution >= 0.6 is 11.3 Å². The predicted molar refractivity (Wildman–Crippen MR) is 62.3 cm³/mol. The lowest BCUT2D eigenvalue weighted by molar-refractivity contribution is 0.0912. The highest BCUT2D eigenvalue weighted by Crippen LogP contribution is 2.13. The van der Waals surface area contributed by atoms with Crippen molar-refractivity contribution in [1.29, 1.82) is 0 Å². The van der Waals surface area contributed by atoms with Crippen LogP contribution in [0.25, 0.3) is 0 Å². The minimum atomic E-state index is 0.221. The van der Waals surface area contributed by atoms with Crippen molar-refractivity contribution in [2.24, 2.45) is 5.73 Å². The number of rotatable bonds is 3. The molecule has 1 aromatic heterocycles. The number of likely N-dealkylation sites (tertiary alicyclic amines) is 1. The van der Waals surface area contributed by atoms with Gasteiger partial charge in [0.25, 0.3) is 0 Å². The molecule has 1 aromatic rings. The molecule has 4 heteroatoms. The minimum Gasteiger partial charge on any atom is -0.327 e. The molecule has 0 saturated carbocycles. The number of thiophene rings is 1. The van der Waals surface area contributed by atoms with Gasteiger partial charge in [-0.05, 0) is 30.8 Å². The number of Topliss-reactive ketones (excluding diaryl/α,β-unsaturated/α-hetero) is 1. The first-order chi connectivity index (χ1) is 7.25. The highest BCUT2D eigenvalue weighted by atomic mass is 32.1. The van der Waals surface area contributed by atoms with Gasteiger partial charge in [0, 0.05) is 12.6 Å². The molecule has 15 heavy (non-hydrogen) atoms. The highest BCUT2D eigenvalue weighted by molar-refractivity contribution is 7.12. The predicted octanol–water partition coefficient (Wildman–Crippen LogP) is 1.35. The molecule has 1 aliphatic rings. The first-order valence-electron chi connectivity index (χ1n) is 5.30. The molecule has 1 unspecified atom stereocenters. The minimum absolute atomic E-state index is 0.221. The SMILES string of the molecule is NC1CCCN(CC(=O)c2cccs2)C1. The lowest BCUT2D eigenvalue weighted by atomic mass is 10.1. The van der Waals surface area contributed by atoms with Crippen molar-refractivity contribution in [2.75, 3.05) is 19.6 Å². The maximum absolute atomic E-state index is 11.8. The van der Waals surface area contributed by atoms with Crippen molar-refractivity contribution >= 4 is 17.1 Å². The van der Waals surface area contributed by atoms with Gasteiger partial charge in [-0.25, -0.2) is 0 Å². The van der Waals surface area contributed by atoms with Crippen LogP contribution in [0.4, 0.5) is 0 Å². The number of carbonyl (C=O) groups excluding carboxylic acids is 1. The molecular formula is C11H16N2OS. The third-order valence-corrected chi connectivity index (χ3v) is 3.62. The maximum Gasteiger partial charge on any atom is 0.186 e. The fourth-order valence-electron chi connectivity index (χ4n) is 1.95. The monoisotopic (exact) mass is 224 g/mol. The molecule has 1 saturated heterocycles. The summed E-state index contributed by atoms with van der Waals surface area (Å²) in [7, 11) is 0. The number of nitrogens with two attached hydrogens (primary N) is 1. The van der Waals surface area contributed by atoms with Gasteiger partial charge in [0.05, 0.1) is 11.4 Å². The zero-order valence-electron chi connectivity index (χ0n) is 8.69. The normalized spacial score (nSPS) is 22.9. The van der Waals surface area contributed by atoms with E-state index in [1.807, 2.05) is 17.5 Å². The number of ketones is 1. The summed E-state index contributed by atoms with van der Waals surface area (Å²) in [5, 5.41) is 1.94. The van der Waals surface area contributed by atoms with Crippen LogP contribution in [-0.4, -0.2) is 36.4 Å². The highest BCUT2D eigenvalue weighted by Gasteiger charge is 2.19. The van der Waals surface area contributed by atoms with Gasteiger partial charge in [-0.15, -0.1) is 11.3 Å². The van der Waals surface area contributed by atoms with Gasteiger partial charge < -0.3 is 5.73 Å². The molecule has 3 nitrogen and oxygen atoms in total. The second-order valence-corrected chi connectivity index (χ2v) is 4.99. The Labute approximate surface area is 93.9 Å². The van der Waals surface area contributed by atoms with Gasteiger partial charge in [-0.3, -0.25) is 9.69 Å². The van der Waals surface area contributed by atoms with E-state index in [9.17, 15) is 4.79 Å². The summed E-state index contributed by atoms with van der Waals surface area (Å²) in [6.45, 7) is 2.39. The number of carbonyl (C=O) groups is 1. The van der Waals surface area contributed by atoms with E-state index in [0.717, 1.165) is 30.8 Å². The van der Waals surface area contributed by atoms with Crippen molar-refractivity contribution in [2.45, 2.75) is 18.9 Å². The molecule has 0 aromatic carbocycles. The number of piperidine rings is 1. The van der Waals surface area contributed by atoms with Crippen LogP contribution in [0.2, 0.25) is 0 Å². The van der Waals surface area contributed by atoms with E-state index in [0.29, 0.717) is 6.54 Å². The summed E-state index contributed by atoms with van der Waals surface area (Å²) in [6.07, 6.45) is 2.20. The van der Waals surface area contributed by atoms with Crippen molar-refractivity contribution in [3.63, 3.8) is 0 Å². The van der Waals surface area contributed by atoms with Crippen molar-refractivity contribution < 1.29 is 4.79 Å². The van der Waals surface area contributed by atoms with Gasteiger partial charge in [-0.1, -0.05) is 6.07 Å². The molecule has 2 N–H and O–H groups in total. The van der Waals surface area contributed by atoms with Gasteiger partial charge in [-0.2, -0.15) is 0 Å². The summed E-state index contributed by atoms with van der Waals surface area (Å²) < 4.78 is 0. The Hall–Kier alpha value is -0.710. The Morgan fingerprint density at radius 3 is 3.20 bits per heavy atom. The molecule has 1 fully saturated rings. The van der Waals surface area contributed by atoms with Gasteiger partial charge in [0.15, 0.2) is 5.78 Å². The van der Waals surface area contributed by atoms with Gasteiger partial charge in [0.1, 0.15) is 0 Å². The number of hydrogen-bond donors (Lipinski definition) is 1. The molecule has 2 rings (SSSR count). The van der Waals surface area contributed by atoms with Crippen molar-refractivity contribution in [3.8, 4) is 0 Å². The van der Waals surface area contributed by atoms with Crippen molar-refractivity contribution in [3.05, 3.63) is 22.4 Å². The molecular weight excluding hydrogens is 208 g/mol. The molecule has 0 aliphatic carbocycles. The average molecular weight is 224 g/mol. The molecule has 0 radical (unpaired) electrons. The van der Waals surface area contributed by atoms with Crippen LogP contribution in [-0.2, 0) is 0 Å². The van der Waals surface area contributed by atoms with Crippen molar-refractivity contribution in [1.82, 2.24) is 4.90 Å². The second-order valence-electron chi connectivity index (χ2n) is 4.04. The second kappa shape index (κ2) is 4.88. The van der Waals surface area contributed by atoms with E-state index < -0.39 is 0 Å². The molecule has 82 valence electrons. The summed E-state index contributed by atoms with van der Waals surface area (Å²) >= 11 is 1.51. The largest absolute Gasteiger partial charge is 0.327 e. The average Bonchev–Trinajstić information content (AvgIpc) is 2.70. The van der Waals surface area contributed by atoms with Crippen LogP contribution in [0.15, 0.2) is 17.5 Å². The van der Waals surface area contributed by atoms with E-state index >= 15 is 0 Å². The van der Waals surface area contributed by atoms with E-state index in [4.69, 9.17) is 5.73 Å². The third-order valence-electron chi connectivity index (χ3n) is 2.71. The Morgan fingerprint density at radius 1 is 1.67 bits per heavy atom. The summed E-state index contributed by atoms with van der Waals surface area (Å²) in [4.78, 5) is 14.8. The smallest absolute Gasteiger partial charge is 0.186 e. The quantitative estimate of drug-likeness (QED) is 0.788. The molecule has 1 atom stereocenters. The Morgan fingerprint density at radius 2 is 2.53 bits per heavy atom. The van der Waals surface area contributed by atoms with Gasteiger partial charge in [0.2, 0.25) is 0 Å². The Bertz CT molecular complexity index is 323. The van der Waals surface area contributed by atoms with Crippen LogP contribution in [0.1, 0.15) is 22.5 Å². The third kappa shape index (κ3) is 2.87. The standard InChI is InChI=1S/C11H16N2OS/c12-9-3-1-5-13(7-9)8-10(14)11-4-2-6-15-11/h2,4,6,9H,1,3,5,7-8,12H2. The first-order valence-corrected chi connectivity index (χ1v) is 6.18. The van der Waals surface area contributed by atoms with Crippen LogP contribution in [0, 0.1) is 0 Å². The van der Waals surface area contributed by atoms with E-state index in [1.54, 1.807) is 0 Å². The lowest BCUT2D eigenvalue weighted by Gasteiger charge is -2.29. The maximum atomic E-state index is 11.8. The topological polar surface area (TPSA) is 46.3 Å². The fraction of sp³-hybridized carbons (Fsp3) is 0.545. The summed E-state index contributed by atoms with van der Waals surface area (Å²) in [5.74, 6) is 0.221. The summed E-state index contributed by atoms with van der Waals surface area (Å²) in [6, 6.07) is 4.05. The van der Waals surface area contributed by atoms with Crippen LogP contribution in [0.3, 0.4) is 0 Å². The van der Waals surface area contributed by atoms with Crippen LogP contribution < -0.4 is 5.73 Å². The fourth-order valence-corrected chi connectivity index (χ4v) is 2.61. The van der Waals surface area contributed by atoms with E-state index in [1.165, 1.54) is 11.3 Å². The Kier molecular flexibility index (Phi) is 3.51. The number of nitrogens with zero attached hydrogens (tertiary/aromatic N) is 1. The molecule has 0 amide bonds. The molecule has 0 bridgehead atoms. The first kappa shape index (κ1) is 10.8. The Balaban J connectivity index is 1.89. The van der Waals surface area contributed by atoms with Gasteiger partial charge >= 0.3 is 0 Å². The van der Waals surface area contributed by atoms with E-state index in [-0.39, 0.29) is 11.8 Å². The zero-order valence-corrected chi connectivity index (χ0v) is 9.50. The zero-order chi connectivity index (χ0) is 10.7. The molecule has 0 spiro atoms. The number of hydrogen-bond acceptors (Lipinski definition) is 4. The van der Waals surface area contributed by atoms with Crippen LogP contribution in [0.5, 0.6) is 0 Å².